The zero-order chi connectivity index (χ0) is 9.23. The Morgan fingerprint density at radius 3 is 2.42 bits per heavy atom. The van der Waals surface area contributed by atoms with E-state index < -0.39 is 0 Å². The summed E-state index contributed by atoms with van der Waals surface area (Å²) in [5.74, 6) is 0.801. The Balaban J connectivity index is 2.82. The monoisotopic (exact) mass is 173 g/mol. The molecule has 0 radical (unpaired) electrons. The number of nitrogens with one attached hydrogen (secondary N) is 1. The molecule has 0 rings (SSSR count). The van der Waals surface area contributed by atoms with Crippen molar-refractivity contribution in [3.8, 4) is 0 Å². The minimum absolute atomic E-state index is 0.339. The summed E-state index contributed by atoms with van der Waals surface area (Å²) in [5.41, 5.74) is 0. The molecule has 0 unspecified atom stereocenters. The van der Waals surface area contributed by atoms with Gasteiger partial charge in [0.1, 0.15) is 0 Å². The third-order valence-corrected chi connectivity index (χ3v) is 1.91. The van der Waals surface area contributed by atoms with E-state index >= 15 is 0 Å². The second-order valence-electron chi connectivity index (χ2n) is 3.72. The van der Waals surface area contributed by atoms with Gasteiger partial charge in [-0.25, -0.2) is 0 Å². The Hall–Kier alpha value is -0.0800. The molecule has 0 heterocycles. The van der Waals surface area contributed by atoms with E-state index in [2.05, 4.69) is 19.2 Å². The van der Waals surface area contributed by atoms with Crippen LogP contribution < -0.4 is 5.32 Å². The van der Waals surface area contributed by atoms with E-state index in [0.717, 1.165) is 31.8 Å². The van der Waals surface area contributed by atoms with Crippen molar-refractivity contribution in [2.24, 2.45) is 5.92 Å². The van der Waals surface area contributed by atoms with Crippen molar-refractivity contribution in [2.45, 2.75) is 39.5 Å². The second kappa shape index (κ2) is 9.01. The van der Waals surface area contributed by atoms with Gasteiger partial charge < -0.3 is 10.4 Å². The smallest absolute Gasteiger partial charge is 0.0431 e. The Morgan fingerprint density at radius 1 is 1.08 bits per heavy atom. The van der Waals surface area contributed by atoms with Crippen molar-refractivity contribution < 1.29 is 5.11 Å². The molecule has 0 aromatic rings. The maximum atomic E-state index is 8.52. The molecule has 0 amide bonds. The second-order valence-corrected chi connectivity index (χ2v) is 3.72. The summed E-state index contributed by atoms with van der Waals surface area (Å²) >= 11 is 0. The van der Waals surface area contributed by atoms with Crippen LogP contribution in [0.3, 0.4) is 0 Å². The molecule has 2 heteroatoms. The summed E-state index contributed by atoms with van der Waals surface area (Å²) < 4.78 is 0. The van der Waals surface area contributed by atoms with E-state index in [0.29, 0.717) is 6.61 Å². The van der Waals surface area contributed by atoms with Gasteiger partial charge in [-0.2, -0.15) is 0 Å². The molecule has 0 fully saturated rings. The summed E-state index contributed by atoms with van der Waals surface area (Å²) in [7, 11) is 0. The lowest BCUT2D eigenvalue weighted by Crippen LogP contribution is -2.18. The van der Waals surface area contributed by atoms with E-state index in [4.69, 9.17) is 5.11 Å². The summed E-state index contributed by atoms with van der Waals surface area (Å²) in [4.78, 5) is 0. The van der Waals surface area contributed by atoms with E-state index in [-0.39, 0.29) is 0 Å². The average molecular weight is 173 g/mol. The molecule has 0 aromatic heterocycles. The molecule has 0 aliphatic rings. The van der Waals surface area contributed by atoms with Crippen molar-refractivity contribution in [3.05, 3.63) is 0 Å². The Kier molecular flexibility index (Phi) is 8.95. The van der Waals surface area contributed by atoms with Crippen LogP contribution in [-0.2, 0) is 0 Å². The largest absolute Gasteiger partial charge is 0.396 e. The van der Waals surface area contributed by atoms with Crippen LogP contribution in [0.1, 0.15) is 39.5 Å². The number of hydrogen-bond donors (Lipinski definition) is 2. The van der Waals surface area contributed by atoms with Crippen LogP contribution in [0.15, 0.2) is 0 Å². The molecule has 74 valence electrons. The van der Waals surface area contributed by atoms with Crippen molar-refractivity contribution >= 4 is 0 Å². The van der Waals surface area contributed by atoms with Gasteiger partial charge in [0, 0.05) is 6.61 Å². The first-order chi connectivity index (χ1) is 5.77. The van der Waals surface area contributed by atoms with E-state index in [1.807, 2.05) is 0 Å². The van der Waals surface area contributed by atoms with Crippen LogP contribution in [0, 0.1) is 5.92 Å². The quantitative estimate of drug-likeness (QED) is 0.548. The van der Waals surface area contributed by atoms with Gasteiger partial charge in [0.2, 0.25) is 0 Å². The highest BCUT2D eigenvalue weighted by Crippen LogP contribution is 1.97. The Labute approximate surface area is 76.4 Å². The standard InChI is InChI=1S/C10H23NO/c1-10(2)6-8-11-7-4-3-5-9-12/h10-12H,3-9H2,1-2H3. The lowest BCUT2D eigenvalue weighted by Gasteiger charge is -2.05. The minimum Gasteiger partial charge on any atom is -0.396 e. The zero-order valence-corrected chi connectivity index (χ0v) is 8.47. The van der Waals surface area contributed by atoms with Crippen molar-refractivity contribution in [2.75, 3.05) is 19.7 Å². The highest BCUT2D eigenvalue weighted by Gasteiger charge is 1.92. The Morgan fingerprint density at radius 2 is 1.83 bits per heavy atom. The first-order valence-corrected chi connectivity index (χ1v) is 5.09. The predicted molar refractivity (Wildman–Crippen MR) is 53.3 cm³/mol. The number of aliphatic hydroxyl groups is 1. The third-order valence-electron chi connectivity index (χ3n) is 1.91. The topological polar surface area (TPSA) is 32.3 Å². The van der Waals surface area contributed by atoms with Crippen LogP contribution in [0.4, 0.5) is 0 Å². The summed E-state index contributed by atoms with van der Waals surface area (Å²) in [6.07, 6.45) is 4.55. The van der Waals surface area contributed by atoms with Gasteiger partial charge in [0.05, 0.1) is 0 Å². The summed E-state index contributed by atoms with van der Waals surface area (Å²) in [6, 6.07) is 0. The third kappa shape index (κ3) is 9.92. The highest BCUT2D eigenvalue weighted by atomic mass is 16.2. The van der Waals surface area contributed by atoms with Crippen molar-refractivity contribution in [3.63, 3.8) is 0 Å². The van der Waals surface area contributed by atoms with Crippen LogP contribution in [0.25, 0.3) is 0 Å². The highest BCUT2D eigenvalue weighted by molar-refractivity contribution is 4.51. The molecule has 0 saturated carbocycles. The molecule has 2 N–H and O–H groups in total. The summed E-state index contributed by atoms with van der Waals surface area (Å²) in [6.45, 7) is 7.07. The number of rotatable bonds is 8. The molecule has 0 aliphatic heterocycles. The summed E-state index contributed by atoms with van der Waals surface area (Å²) in [5, 5.41) is 11.9. The average Bonchev–Trinajstić information content (AvgIpc) is 2.02. The molecule has 0 saturated heterocycles. The molecule has 0 bridgehead atoms. The normalized spacial score (nSPS) is 11.0. The molecule has 0 aliphatic carbocycles. The zero-order valence-electron chi connectivity index (χ0n) is 8.47. The van der Waals surface area contributed by atoms with Crippen molar-refractivity contribution in [1.29, 1.82) is 0 Å². The lowest BCUT2D eigenvalue weighted by molar-refractivity contribution is 0.283. The van der Waals surface area contributed by atoms with Gasteiger partial charge in [-0.1, -0.05) is 13.8 Å². The van der Waals surface area contributed by atoms with E-state index in [1.165, 1.54) is 12.8 Å². The fourth-order valence-electron chi connectivity index (χ4n) is 1.05. The van der Waals surface area contributed by atoms with Crippen LogP contribution in [0.2, 0.25) is 0 Å². The molecule has 0 aromatic carbocycles. The van der Waals surface area contributed by atoms with Gasteiger partial charge in [0.25, 0.3) is 0 Å². The van der Waals surface area contributed by atoms with E-state index in [9.17, 15) is 0 Å². The molecule has 0 spiro atoms. The molecular formula is C10H23NO. The van der Waals surface area contributed by atoms with Gasteiger partial charge in [-0.3, -0.25) is 0 Å². The van der Waals surface area contributed by atoms with Gasteiger partial charge in [-0.05, 0) is 44.7 Å². The SMILES string of the molecule is CC(C)CCNCCCCCO. The lowest BCUT2D eigenvalue weighted by atomic mass is 10.1. The van der Waals surface area contributed by atoms with E-state index in [1.54, 1.807) is 0 Å². The molecule has 12 heavy (non-hydrogen) atoms. The predicted octanol–water partition coefficient (Wildman–Crippen LogP) is 1.78. The number of unbranched alkanes of at least 4 members (excludes halogenated alkanes) is 2. The first-order valence-electron chi connectivity index (χ1n) is 5.09. The Bertz CT molecular complexity index is 83.9. The molecular weight excluding hydrogens is 150 g/mol. The fourth-order valence-corrected chi connectivity index (χ4v) is 1.05. The molecule has 0 atom stereocenters. The maximum Gasteiger partial charge on any atom is 0.0431 e. The van der Waals surface area contributed by atoms with Crippen molar-refractivity contribution in [1.82, 2.24) is 5.32 Å². The van der Waals surface area contributed by atoms with Crippen LogP contribution in [0.5, 0.6) is 0 Å². The van der Waals surface area contributed by atoms with Crippen LogP contribution >= 0.6 is 0 Å². The first kappa shape index (κ1) is 11.9. The van der Waals surface area contributed by atoms with Gasteiger partial charge in [-0.15, -0.1) is 0 Å². The fraction of sp³-hybridized carbons (Fsp3) is 1.00. The molecule has 2 nitrogen and oxygen atoms in total. The van der Waals surface area contributed by atoms with Gasteiger partial charge >= 0.3 is 0 Å². The number of aliphatic hydroxyl groups excluding tert-OH is 1. The minimum atomic E-state index is 0.339. The van der Waals surface area contributed by atoms with Gasteiger partial charge in [0.15, 0.2) is 0 Å². The maximum absolute atomic E-state index is 8.52. The number of hydrogen-bond acceptors (Lipinski definition) is 2. The van der Waals surface area contributed by atoms with Crippen LogP contribution in [-0.4, -0.2) is 24.8 Å².